The standard InChI is InChI=1S/C25H19ClN4O5/c1-13-22(29-24(33)34-14(2)16-5-3-4-6-17(16)26)20(35-30-13)8-7-15-11-18-19(27-15)12-21(28-18)25(9-10-25)23(31)32/h3-6,11-12,14H,9-10H2,1-2H3,(H,29,33)(H,31,32). The number of aliphatic imine (C=N–C) groups is 2. The van der Waals surface area contributed by atoms with Crippen LogP contribution < -0.4 is 5.32 Å². The zero-order chi connectivity index (χ0) is 24.7. The number of halogens is 1. The largest absolute Gasteiger partial charge is 0.481 e. The van der Waals surface area contributed by atoms with Crippen molar-refractivity contribution < 1.29 is 24.0 Å². The number of carbonyl (C=O) groups is 2. The fourth-order valence-corrected chi connectivity index (χ4v) is 4.10. The van der Waals surface area contributed by atoms with Gasteiger partial charge >= 0.3 is 12.1 Å². The van der Waals surface area contributed by atoms with Gasteiger partial charge in [-0.05, 0) is 50.7 Å². The molecule has 176 valence electrons. The predicted molar refractivity (Wildman–Crippen MR) is 128 cm³/mol. The summed E-state index contributed by atoms with van der Waals surface area (Å²) in [7, 11) is 0. The lowest BCUT2D eigenvalue weighted by atomic mass is 10.0. The number of carboxylic acid groups (broad SMARTS) is 1. The number of anilines is 1. The second kappa shape index (κ2) is 8.56. The van der Waals surface area contributed by atoms with Crippen LogP contribution in [0.25, 0.3) is 0 Å². The number of amides is 1. The van der Waals surface area contributed by atoms with Gasteiger partial charge in [0, 0.05) is 16.7 Å². The molecule has 9 nitrogen and oxygen atoms in total. The molecule has 1 amide bonds. The number of hydrogen-bond donors (Lipinski definition) is 2. The van der Waals surface area contributed by atoms with E-state index in [4.69, 9.17) is 20.9 Å². The highest BCUT2D eigenvalue weighted by atomic mass is 35.5. The summed E-state index contributed by atoms with van der Waals surface area (Å²) in [4.78, 5) is 32.8. The first-order valence-corrected chi connectivity index (χ1v) is 11.2. The molecule has 1 fully saturated rings. The van der Waals surface area contributed by atoms with E-state index >= 15 is 0 Å². The lowest BCUT2D eigenvalue weighted by Crippen LogP contribution is -2.17. The van der Waals surface area contributed by atoms with Crippen LogP contribution in [0.3, 0.4) is 0 Å². The van der Waals surface area contributed by atoms with E-state index in [1.165, 1.54) is 0 Å². The molecule has 5 rings (SSSR count). The van der Waals surface area contributed by atoms with Crippen LogP contribution in [0.15, 0.2) is 62.3 Å². The molecule has 1 aliphatic carbocycles. The van der Waals surface area contributed by atoms with Gasteiger partial charge in [-0.1, -0.05) is 35.0 Å². The number of benzene rings is 1. The van der Waals surface area contributed by atoms with Crippen molar-refractivity contribution in [1.82, 2.24) is 5.16 Å². The Kier molecular flexibility index (Phi) is 5.53. The van der Waals surface area contributed by atoms with Crippen LogP contribution in [-0.2, 0) is 9.53 Å². The molecule has 1 unspecified atom stereocenters. The minimum absolute atomic E-state index is 0.143. The van der Waals surface area contributed by atoms with Crippen LogP contribution in [0.5, 0.6) is 0 Å². The van der Waals surface area contributed by atoms with Crippen LogP contribution in [0.1, 0.15) is 42.9 Å². The molecule has 3 aliphatic rings. The fourth-order valence-electron chi connectivity index (χ4n) is 3.81. The quantitative estimate of drug-likeness (QED) is 0.577. The Morgan fingerprint density at radius 3 is 2.63 bits per heavy atom. The number of carboxylic acids is 1. The molecule has 2 aliphatic heterocycles. The summed E-state index contributed by atoms with van der Waals surface area (Å²) in [6.07, 6.45) is 3.25. The van der Waals surface area contributed by atoms with Gasteiger partial charge in [0.05, 0.1) is 17.1 Å². The Hall–Kier alpha value is -4.16. The van der Waals surface area contributed by atoms with Crippen molar-refractivity contribution in [3.05, 3.63) is 69.9 Å². The second-order valence-electron chi connectivity index (χ2n) is 8.36. The number of aryl methyl sites for hydroxylation is 1. The Labute approximate surface area is 205 Å². The molecule has 1 saturated carbocycles. The first kappa shape index (κ1) is 22.6. The summed E-state index contributed by atoms with van der Waals surface area (Å²) >= 11 is 6.17. The number of carbonyl (C=O) groups excluding carboxylic acids is 1. The maximum absolute atomic E-state index is 12.5. The molecule has 1 aromatic heterocycles. The smallest absolute Gasteiger partial charge is 0.412 e. The third-order valence-electron chi connectivity index (χ3n) is 5.96. The van der Waals surface area contributed by atoms with Gasteiger partial charge in [0.1, 0.15) is 28.6 Å². The average Bonchev–Trinajstić information content (AvgIpc) is 3.25. The molecule has 2 N–H and O–H groups in total. The second-order valence-corrected chi connectivity index (χ2v) is 8.76. The summed E-state index contributed by atoms with van der Waals surface area (Å²) < 4.78 is 10.7. The highest BCUT2D eigenvalue weighted by molar-refractivity contribution is 6.54. The molecule has 0 saturated heterocycles. The number of allylic oxidation sites excluding steroid dienone is 3. The van der Waals surface area contributed by atoms with Gasteiger partial charge in [0.25, 0.3) is 0 Å². The molecule has 2 aromatic rings. The lowest BCUT2D eigenvalue weighted by molar-refractivity contribution is -0.141. The van der Waals surface area contributed by atoms with Gasteiger partial charge in [0.2, 0.25) is 5.76 Å². The topological polar surface area (TPSA) is 126 Å². The Morgan fingerprint density at radius 2 is 1.94 bits per heavy atom. The van der Waals surface area contributed by atoms with Crippen LogP contribution in [0.2, 0.25) is 5.02 Å². The summed E-state index contributed by atoms with van der Waals surface area (Å²) in [5.74, 6) is 4.97. The summed E-state index contributed by atoms with van der Waals surface area (Å²) in [5, 5.41) is 16.4. The summed E-state index contributed by atoms with van der Waals surface area (Å²) in [6.45, 7) is 3.38. The van der Waals surface area contributed by atoms with Crippen molar-refractivity contribution >= 4 is 40.8 Å². The lowest BCUT2D eigenvalue weighted by Gasteiger charge is -2.15. The average molecular weight is 491 g/mol. The van der Waals surface area contributed by atoms with Gasteiger partial charge in [-0.2, -0.15) is 0 Å². The van der Waals surface area contributed by atoms with E-state index in [0.29, 0.717) is 51.9 Å². The number of nitrogens with one attached hydrogen (secondary N) is 1. The third kappa shape index (κ3) is 4.24. The van der Waals surface area contributed by atoms with Crippen molar-refractivity contribution in [3.8, 4) is 11.8 Å². The summed E-state index contributed by atoms with van der Waals surface area (Å²) in [5.41, 5.74) is 2.66. The Balaban J connectivity index is 1.27. The fraction of sp³-hybridized carbons (Fsp3) is 0.240. The highest BCUT2D eigenvalue weighted by Crippen LogP contribution is 2.53. The molecule has 3 heterocycles. The maximum Gasteiger partial charge on any atom is 0.412 e. The molecule has 0 radical (unpaired) electrons. The SMILES string of the molecule is Cc1noc(C#CC2=CC3=NC(C4(C(=O)O)CC4)=CC3=N2)c1NC(=O)OC(C)c1ccccc1Cl. The van der Waals surface area contributed by atoms with E-state index in [9.17, 15) is 14.7 Å². The Bertz CT molecular complexity index is 1450. The van der Waals surface area contributed by atoms with Crippen LogP contribution in [0.4, 0.5) is 10.5 Å². The van der Waals surface area contributed by atoms with Crippen molar-refractivity contribution in [2.75, 3.05) is 5.32 Å². The van der Waals surface area contributed by atoms with Crippen LogP contribution >= 0.6 is 11.6 Å². The first-order chi connectivity index (χ1) is 16.8. The minimum atomic E-state index is -0.880. The molecule has 10 heteroatoms. The molecule has 0 spiro atoms. The normalized spacial score (nSPS) is 17.7. The number of ether oxygens (including phenoxy) is 1. The van der Waals surface area contributed by atoms with Crippen molar-refractivity contribution in [3.63, 3.8) is 0 Å². The monoisotopic (exact) mass is 490 g/mol. The predicted octanol–water partition coefficient (Wildman–Crippen LogP) is 4.84. The zero-order valence-electron chi connectivity index (χ0n) is 18.8. The number of aliphatic carboxylic acids is 1. The van der Waals surface area contributed by atoms with Crippen molar-refractivity contribution in [2.45, 2.75) is 32.8 Å². The molecule has 1 aromatic carbocycles. The van der Waals surface area contributed by atoms with E-state index in [1.807, 2.05) is 6.07 Å². The molecule has 0 bridgehead atoms. The molecule has 35 heavy (non-hydrogen) atoms. The number of fused-ring (bicyclic) bond motifs is 1. The van der Waals surface area contributed by atoms with Gasteiger partial charge < -0.3 is 14.4 Å². The number of rotatable bonds is 5. The molecule has 1 atom stereocenters. The van der Waals surface area contributed by atoms with Crippen LogP contribution in [-0.4, -0.2) is 33.7 Å². The number of aromatic nitrogens is 1. The van der Waals surface area contributed by atoms with Crippen molar-refractivity contribution in [2.24, 2.45) is 15.4 Å². The number of nitrogens with zero attached hydrogens (tertiary/aromatic N) is 3. The van der Waals surface area contributed by atoms with Crippen LogP contribution in [0, 0.1) is 24.2 Å². The molecular formula is C25H19ClN4O5. The zero-order valence-corrected chi connectivity index (χ0v) is 19.5. The molecular weight excluding hydrogens is 472 g/mol. The highest BCUT2D eigenvalue weighted by Gasteiger charge is 2.55. The summed E-state index contributed by atoms with van der Waals surface area (Å²) in [6, 6.07) is 7.11. The van der Waals surface area contributed by atoms with E-state index in [2.05, 4.69) is 32.3 Å². The van der Waals surface area contributed by atoms with Gasteiger partial charge in [-0.15, -0.1) is 0 Å². The van der Waals surface area contributed by atoms with Gasteiger partial charge in [0.15, 0.2) is 0 Å². The maximum atomic E-state index is 12.5. The van der Waals surface area contributed by atoms with E-state index < -0.39 is 23.6 Å². The minimum Gasteiger partial charge on any atom is -0.481 e. The van der Waals surface area contributed by atoms with E-state index in [-0.39, 0.29) is 11.4 Å². The van der Waals surface area contributed by atoms with Gasteiger partial charge in [-0.25, -0.2) is 14.8 Å². The van der Waals surface area contributed by atoms with E-state index in [0.717, 1.165) is 0 Å². The van der Waals surface area contributed by atoms with Gasteiger partial charge in [-0.3, -0.25) is 10.1 Å². The first-order valence-electron chi connectivity index (χ1n) is 10.8. The number of hydrogen-bond acceptors (Lipinski definition) is 7. The Morgan fingerprint density at radius 1 is 1.20 bits per heavy atom. The third-order valence-corrected chi connectivity index (χ3v) is 6.31. The van der Waals surface area contributed by atoms with Crippen molar-refractivity contribution in [1.29, 1.82) is 0 Å². The van der Waals surface area contributed by atoms with E-state index in [1.54, 1.807) is 44.2 Å².